The second-order valence-corrected chi connectivity index (χ2v) is 4.97. The first-order valence-corrected chi connectivity index (χ1v) is 6.37. The minimum absolute atomic E-state index is 0. The van der Waals surface area contributed by atoms with Gasteiger partial charge in [0.1, 0.15) is 0 Å². The molecule has 0 aliphatic rings. The summed E-state index contributed by atoms with van der Waals surface area (Å²) < 4.78 is 30.1. The largest absolute Gasteiger partial charge is 0.465 e. The summed E-state index contributed by atoms with van der Waals surface area (Å²) in [6, 6.07) is 5.46. The molecule has 0 aromatic heterocycles. The maximum Gasteiger partial charge on any atom is 0.337 e. The number of esters is 1. The molecule has 0 amide bonds. The van der Waals surface area contributed by atoms with Crippen molar-refractivity contribution >= 4 is 28.4 Å². The molecule has 3 N–H and O–H groups in total. The Hall–Kier alpha value is -1.15. The average molecular weight is 295 g/mol. The van der Waals surface area contributed by atoms with Crippen molar-refractivity contribution in [1.29, 1.82) is 0 Å². The second kappa shape index (κ2) is 7.32. The summed E-state index contributed by atoms with van der Waals surface area (Å²) in [5, 5.41) is 0. The van der Waals surface area contributed by atoms with Gasteiger partial charge in [-0.2, -0.15) is 0 Å². The smallest absolute Gasteiger partial charge is 0.337 e. The first kappa shape index (κ1) is 16.9. The average Bonchev–Trinajstić information content (AvgIpc) is 2.35. The molecule has 0 heterocycles. The molecule has 102 valence electrons. The Bertz CT molecular complexity index is 487. The Labute approximate surface area is 112 Å². The van der Waals surface area contributed by atoms with E-state index in [-0.39, 0.29) is 30.4 Å². The highest BCUT2D eigenvalue weighted by atomic mass is 35.5. The number of benzene rings is 1. The van der Waals surface area contributed by atoms with Crippen molar-refractivity contribution in [1.82, 2.24) is 4.72 Å². The van der Waals surface area contributed by atoms with E-state index in [9.17, 15) is 13.2 Å². The number of ether oxygens (including phenoxy) is 1. The van der Waals surface area contributed by atoms with Crippen molar-refractivity contribution in [2.24, 2.45) is 5.73 Å². The van der Waals surface area contributed by atoms with Crippen LogP contribution in [-0.2, 0) is 14.8 Å². The van der Waals surface area contributed by atoms with Crippen LogP contribution in [0.1, 0.15) is 10.4 Å². The zero-order valence-corrected chi connectivity index (χ0v) is 11.4. The molecule has 0 aliphatic heterocycles. The highest BCUT2D eigenvalue weighted by Crippen LogP contribution is 2.10. The maximum absolute atomic E-state index is 11.7. The van der Waals surface area contributed by atoms with E-state index in [0.29, 0.717) is 5.56 Å². The molecule has 0 saturated carbocycles. The normalized spacial score (nSPS) is 10.6. The van der Waals surface area contributed by atoms with E-state index < -0.39 is 16.0 Å². The van der Waals surface area contributed by atoms with E-state index in [2.05, 4.69) is 9.46 Å². The van der Waals surface area contributed by atoms with Crippen LogP contribution < -0.4 is 10.5 Å². The van der Waals surface area contributed by atoms with Crippen molar-refractivity contribution in [2.75, 3.05) is 20.2 Å². The Balaban J connectivity index is 0.00000289. The highest BCUT2D eigenvalue weighted by molar-refractivity contribution is 7.89. The first-order valence-electron chi connectivity index (χ1n) is 4.89. The van der Waals surface area contributed by atoms with Crippen LogP contribution in [0.5, 0.6) is 0 Å². The van der Waals surface area contributed by atoms with E-state index in [4.69, 9.17) is 5.73 Å². The van der Waals surface area contributed by atoms with Crippen molar-refractivity contribution in [3.8, 4) is 0 Å². The Kier molecular flexibility index (Phi) is 6.85. The van der Waals surface area contributed by atoms with E-state index in [1.54, 1.807) is 0 Å². The van der Waals surface area contributed by atoms with Gasteiger partial charge in [0.05, 0.1) is 17.6 Å². The number of methoxy groups -OCH3 is 1. The van der Waals surface area contributed by atoms with Crippen LogP contribution in [0.2, 0.25) is 0 Å². The number of hydrogen-bond acceptors (Lipinski definition) is 5. The van der Waals surface area contributed by atoms with Gasteiger partial charge in [-0.3, -0.25) is 0 Å². The van der Waals surface area contributed by atoms with Gasteiger partial charge in [-0.05, 0) is 24.3 Å². The fraction of sp³-hybridized carbons (Fsp3) is 0.300. The summed E-state index contributed by atoms with van der Waals surface area (Å²) in [5.74, 6) is -0.510. The number of nitrogens with one attached hydrogen (secondary N) is 1. The van der Waals surface area contributed by atoms with Gasteiger partial charge in [0.2, 0.25) is 10.0 Å². The van der Waals surface area contributed by atoms with Crippen molar-refractivity contribution in [3.05, 3.63) is 29.8 Å². The standard InChI is InChI=1S/C10H14N2O4S.ClH/c1-16-10(13)8-2-4-9(5-3-8)17(14,15)12-7-6-11;/h2-5,12H,6-7,11H2,1H3;1H. The molecule has 0 saturated heterocycles. The first-order chi connectivity index (χ1) is 8.01. The third kappa shape index (κ3) is 4.26. The predicted molar refractivity (Wildman–Crippen MR) is 69.3 cm³/mol. The summed E-state index contributed by atoms with van der Waals surface area (Å²) in [7, 11) is -2.29. The number of rotatable bonds is 5. The molecular weight excluding hydrogens is 280 g/mol. The van der Waals surface area contributed by atoms with Gasteiger partial charge < -0.3 is 10.5 Å². The molecule has 0 spiro atoms. The lowest BCUT2D eigenvalue weighted by Crippen LogP contribution is -2.29. The van der Waals surface area contributed by atoms with Gasteiger partial charge in [-0.15, -0.1) is 12.4 Å². The number of carbonyl (C=O) groups excluding carboxylic acids is 1. The Morgan fingerprint density at radius 3 is 2.33 bits per heavy atom. The molecule has 0 atom stereocenters. The van der Waals surface area contributed by atoms with Crippen LogP contribution in [-0.4, -0.2) is 34.6 Å². The van der Waals surface area contributed by atoms with Crippen molar-refractivity contribution in [3.63, 3.8) is 0 Å². The molecule has 18 heavy (non-hydrogen) atoms. The van der Waals surface area contributed by atoms with E-state index in [0.717, 1.165) is 0 Å². The molecule has 8 heteroatoms. The fourth-order valence-electron chi connectivity index (χ4n) is 1.16. The van der Waals surface area contributed by atoms with Crippen molar-refractivity contribution < 1.29 is 17.9 Å². The predicted octanol–water partition coefficient (Wildman–Crippen LogP) is 0.132. The summed E-state index contributed by atoms with van der Waals surface area (Å²) in [4.78, 5) is 11.2. The second-order valence-electron chi connectivity index (χ2n) is 3.20. The van der Waals surface area contributed by atoms with Gasteiger partial charge in [0, 0.05) is 13.1 Å². The van der Waals surface area contributed by atoms with Crippen LogP contribution in [0.3, 0.4) is 0 Å². The Morgan fingerprint density at radius 1 is 1.33 bits per heavy atom. The van der Waals surface area contributed by atoms with Gasteiger partial charge in [0.15, 0.2) is 0 Å². The third-order valence-electron chi connectivity index (χ3n) is 2.02. The number of nitrogens with two attached hydrogens (primary N) is 1. The summed E-state index contributed by atoms with van der Waals surface area (Å²) in [5.41, 5.74) is 5.50. The molecule has 6 nitrogen and oxygen atoms in total. The summed E-state index contributed by atoms with van der Waals surface area (Å²) in [6.07, 6.45) is 0. The quantitative estimate of drug-likeness (QED) is 0.752. The Morgan fingerprint density at radius 2 is 1.89 bits per heavy atom. The van der Waals surface area contributed by atoms with Crippen LogP contribution in [0.15, 0.2) is 29.2 Å². The fourth-order valence-corrected chi connectivity index (χ4v) is 2.21. The van der Waals surface area contributed by atoms with Crippen LogP contribution in [0, 0.1) is 0 Å². The molecular formula is C10H15ClN2O4S. The minimum atomic E-state index is -3.55. The molecule has 1 rings (SSSR count). The highest BCUT2D eigenvalue weighted by Gasteiger charge is 2.13. The summed E-state index contributed by atoms with van der Waals surface area (Å²) >= 11 is 0. The number of carbonyl (C=O) groups is 1. The molecule has 1 aromatic carbocycles. The number of hydrogen-bond donors (Lipinski definition) is 2. The SMILES string of the molecule is COC(=O)c1ccc(S(=O)(=O)NCCN)cc1.Cl. The van der Waals surface area contributed by atoms with E-state index in [1.807, 2.05) is 0 Å². The van der Waals surface area contributed by atoms with Crippen LogP contribution >= 0.6 is 12.4 Å². The summed E-state index contributed by atoms with van der Waals surface area (Å²) in [6.45, 7) is 0.389. The molecule has 0 fully saturated rings. The monoisotopic (exact) mass is 294 g/mol. The number of sulfonamides is 1. The molecule has 0 bridgehead atoms. The zero-order chi connectivity index (χ0) is 12.9. The number of halogens is 1. The zero-order valence-electron chi connectivity index (χ0n) is 9.75. The van der Waals surface area contributed by atoms with Gasteiger partial charge >= 0.3 is 5.97 Å². The lowest BCUT2D eigenvalue weighted by molar-refractivity contribution is 0.0600. The molecule has 0 unspecified atom stereocenters. The van der Waals surface area contributed by atoms with E-state index in [1.165, 1.54) is 31.4 Å². The molecule has 0 aliphatic carbocycles. The van der Waals surface area contributed by atoms with Gasteiger partial charge in [0.25, 0.3) is 0 Å². The minimum Gasteiger partial charge on any atom is -0.465 e. The lowest BCUT2D eigenvalue weighted by Gasteiger charge is -2.06. The maximum atomic E-state index is 11.7. The third-order valence-corrected chi connectivity index (χ3v) is 3.50. The lowest BCUT2D eigenvalue weighted by atomic mass is 10.2. The molecule has 0 radical (unpaired) electrons. The van der Waals surface area contributed by atoms with Crippen LogP contribution in [0.4, 0.5) is 0 Å². The topological polar surface area (TPSA) is 98.5 Å². The van der Waals surface area contributed by atoms with E-state index >= 15 is 0 Å². The van der Waals surface area contributed by atoms with Crippen molar-refractivity contribution in [2.45, 2.75) is 4.90 Å². The molecule has 1 aromatic rings. The van der Waals surface area contributed by atoms with Gasteiger partial charge in [-0.25, -0.2) is 17.9 Å². The van der Waals surface area contributed by atoms with Crippen LogP contribution in [0.25, 0.3) is 0 Å². The van der Waals surface area contributed by atoms with Gasteiger partial charge in [-0.1, -0.05) is 0 Å².